The van der Waals surface area contributed by atoms with E-state index in [1.807, 2.05) is 19.1 Å². The van der Waals surface area contributed by atoms with Crippen molar-refractivity contribution < 1.29 is 19.1 Å². The first-order valence-corrected chi connectivity index (χ1v) is 9.96. The molecule has 2 rings (SSSR count). The number of rotatable bonds is 7. The van der Waals surface area contributed by atoms with Crippen LogP contribution < -0.4 is 20.9 Å². The second-order valence-electron chi connectivity index (χ2n) is 5.42. The lowest BCUT2D eigenvalue weighted by molar-refractivity contribution is 0.0933. The highest BCUT2D eigenvalue weighted by atomic mass is 127. The minimum Gasteiger partial charge on any atom is -0.491 e. The van der Waals surface area contributed by atoms with Gasteiger partial charge in [0.2, 0.25) is 0 Å². The molecule has 0 unspecified atom stereocenters. The Labute approximate surface area is 182 Å². The Balaban J connectivity index is 1.84. The van der Waals surface area contributed by atoms with Crippen molar-refractivity contribution in [1.29, 1.82) is 0 Å². The van der Waals surface area contributed by atoms with E-state index >= 15 is 0 Å². The van der Waals surface area contributed by atoms with Gasteiger partial charge in [0.25, 0.3) is 11.8 Å². The third-order valence-corrected chi connectivity index (χ3v) is 4.58. The Hall–Kier alpha value is -2.24. The van der Waals surface area contributed by atoms with Gasteiger partial charge in [0.05, 0.1) is 12.2 Å². The highest BCUT2D eigenvalue weighted by Gasteiger charge is 2.12. The molecule has 0 heterocycles. The van der Waals surface area contributed by atoms with Gasteiger partial charge in [-0.3, -0.25) is 25.8 Å². The van der Waals surface area contributed by atoms with Gasteiger partial charge in [0.15, 0.2) is 5.11 Å². The van der Waals surface area contributed by atoms with Crippen molar-refractivity contribution in [1.82, 2.24) is 16.2 Å². The predicted octanol–water partition coefficient (Wildman–Crippen LogP) is 2.66. The Morgan fingerprint density at radius 1 is 1.04 bits per heavy atom. The molecule has 2 aromatic rings. The zero-order valence-corrected chi connectivity index (χ0v) is 18.1. The van der Waals surface area contributed by atoms with Crippen LogP contribution in [0.2, 0.25) is 0 Å². The average molecular weight is 513 g/mol. The van der Waals surface area contributed by atoms with Crippen LogP contribution in [0, 0.1) is 3.57 Å². The van der Waals surface area contributed by atoms with Crippen molar-refractivity contribution in [2.24, 2.45) is 0 Å². The standard InChI is InChI=1S/C19H20IN3O4S/c1-2-26-10-11-27-14-7-5-6-13(12-14)17(24)21-19(28)23-22-18(25)15-8-3-4-9-16(15)20/h3-9,12H,2,10-11H2,1H3,(H,22,25)(H2,21,23,24,28). The molecule has 0 radical (unpaired) electrons. The van der Waals surface area contributed by atoms with Crippen molar-refractivity contribution in [2.45, 2.75) is 6.92 Å². The second-order valence-corrected chi connectivity index (χ2v) is 6.99. The molecular formula is C19H20IN3O4S. The van der Waals surface area contributed by atoms with Crippen LogP contribution in [-0.4, -0.2) is 36.7 Å². The van der Waals surface area contributed by atoms with E-state index in [-0.39, 0.29) is 11.0 Å². The largest absolute Gasteiger partial charge is 0.491 e. The molecular weight excluding hydrogens is 493 g/mol. The fourth-order valence-corrected chi connectivity index (χ4v) is 2.90. The monoisotopic (exact) mass is 513 g/mol. The normalized spacial score (nSPS) is 10.1. The Morgan fingerprint density at radius 2 is 1.82 bits per heavy atom. The maximum Gasteiger partial charge on any atom is 0.270 e. The number of hydrogen-bond donors (Lipinski definition) is 3. The lowest BCUT2D eigenvalue weighted by atomic mass is 10.2. The second kappa shape index (κ2) is 11.6. The quantitative estimate of drug-likeness (QED) is 0.229. The third kappa shape index (κ3) is 7.06. The maximum atomic E-state index is 12.3. The molecule has 2 aromatic carbocycles. The van der Waals surface area contributed by atoms with Crippen molar-refractivity contribution in [2.75, 3.05) is 19.8 Å². The average Bonchev–Trinajstić information content (AvgIpc) is 2.70. The summed E-state index contributed by atoms with van der Waals surface area (Å²) in [6.45, 7) is 3.39. The molecule has 0 aliphatic rings. The molecule has 28 heavy (non-hydrogen) atoms. The molecule has 0 saturated heterocycles. The minimum atomic E-state index is -0.420. The zero-order valence-electron chi connectivity index (χ0n) is 15.2. The van der Waals surface area contributed by atoms with E-state index in [0.29, 0.717) is 36.7 Å². The van der Waals surface area contributed by atoms with Crippen LogP contribution in [0.25, 0.3) is 0 Å². The van der Waals surface area contributed by atoms with Crippen LogP contribution in [0.3, 0.4) is 0 Å². The topological polar surface area (TPSA) is 88.7 Å². The molecule has 0 aliphatic carbocycles. The summed E-state index contributed by atoms with van der Waals surface area (Å²) in [6, 6.07) is 13.8. The van der Waals surface area contributed by atoms with Gasteiger partial charge >= 0.3 is 0 Å². The lowest BCUT2D eigenvalue weighted by Crippen LogP contribution is -2.48. The Kier molecular flexibility index (Phi) is 9.11. The number of benzene rings is 2. The molecule has 0 aromatic heterocycles. The highest BCUT2D eigenvalue weighted by molar-refractivity contribution is 14.1. The van der Waals surface area contributed by atoms with E-state index in [2.05, 4.69) is 38.8 Å². The molecule has 0 bridgehead atoms. The lowest BCUT2D eigenvalue weighted by Gasteiger charge is -2.12. The van der Waals surface area contributed by atoms with Crippen LogP contribution in [0.4, 0.5) is 0 Å². The van der Waals surface area contributed by atoms with Crippen LogP contribution in [0.15, 0.2) is 48.5 Å². The Morgan fingerprint density at radius 3 is 2.57 bits per heavy atom. The Bertz CT molecular complexity index is 847. The first kappa shape index (κ1) is 22.1. The van der Waals surface area contributed by atoms with Crippen molar-refractivity contribution in [3.05, 3.63) is 63.2 Å². The van der Waals surface area contributed by atoms with Gasteiger partial charge in [-0.15, -0.1) is 0 Å². The molecule has 7 nitrogen and oxygen atoms in total. The number of ether oxygens (including phenoxy) is 2. The summed E-state index contributed by atoms with van der Waals surface area (Å²) in [4.78, 5) is 24.5. The number of hydrazine groups is 1. The maximum absolute atomic E-state index is 12.3. The van der Waals surface area contributed by atoms with Crippen LogP contribution in [0.1, 0.15) is 27.6 Å². The molecule has 0 spiro atoms. The van der Waals surface area contributed by atoms with Crippen LogP contribution >= 0.6 is 34.8 Å². The minimum absolute atomic E-state index is 0.0213. The van der Waals surface area contributed by atoms with E-state index in [0.717, 1.165) is 3.57 Å². The molecule has 0 aliphatic heterocycles. The molecule has 0 atom stereocenters. The fraction of sp³-hybridized carbons (Fsp3) is 0.211. The number of carbonyl (C=O) groups excluding carboxylic acids is 2. The van der Waals surface area contributed by atoms with Gasteiger partial charge in [0, 0.05) is 15.7 Å². The van der Waals surface area contributed by atoms with Crippen molar-refractivity contribution in [3.8, 4) is 5.75 Å². The van der Waals surface area contributed by atoms with Crippen LogP contribution in [-0.2, 0) is 4.74 Å². The summed E-state index contributed by atoms with van der Waals surface area (Å²) in [5, 5.41) is 2.48. The zero-order chi connectivity index (χ0) is 20.4. The van der Waals surface area contributed by atoms with Gasteiger partial charge in [-0.05, 0) is 72.1 Å². The first-order chi connectivity index (χ1) is 13.5. The van der Waals surface area contributed by atoms with E-state index in [1.165, 1.54) is 0 Å². The summed E-state index contributed by atoms with van der Waals surface area (Å²) in [5.41, 5.74) is 5.86. The first-order valence-electron chi connectivity index (χ1n) is 8.48. The smallest absolute Gasteiger partial charge is 0.270 e. The summed E-state index contributed by atoms with van der Waals surface area (Å²) < 4.78 is 11.5. The van der Waals surface area contributed by atoms with E-state index < -0.39 is 5.91 Å². The summed E-state index contributed by atoms with van der Waals surface area (Å²) in [6.07, 6.45) is 0. The van der Waals surface area contributed by atoms with Gasteiger partial charge in [-0.25, -0.2) is 0 Å². The molecule has 3 N–H and O–H groups in total. The van der Waals surface area contributed by atoms with Gasteiger partial charge in [-0.1, -0.05) is 18.2 Å². The molecule has 9 heteroatoms. The van der Waals surface area contributed by atoms with E-state index in [1.54, 1.807) is 36.4 Å². The van der Waals surface area contributed by atoms with E-state index in [9.17, 15) is 9.59 Å². The number of nitrogens with one attached hydrogen (secondary N) is 3. The van der Waals surface area contributed by atoms with Crippen molar-refractivity contribution in [3.63, 3.8) is 0 Å². The SMILES string of the molecule is CCOCCOc1cccc(C(=O)NC(=S)NNC(=O)c2ccccc2I)c1. The molecule has 0 fully saturated rings. The predicted molar refractivity (Wildman–Crippen MR) is 118 cm³/mol. The van der Waals surface area contributed by atoms with Crippen LogP contribution in [0.5, 0.6) is 5.75 Å². The molecule has 2 amide bonds. The highest BCUT2D eigenvalue weighted by Crippen LogP contribution is 2.13. The number of halogens is 1. The van der Waals surface area contributed by atoms with Gasteiger partial charge < -0.3 is 9.47 Å². The summed E-state index contributed by atoms with van der Waals surface area (Å²) in [7, 11) is 0. The molecule has 0 saturated carbocycles. The molecule has 148 valence electrons. The fourth-order valence-electron chi connectivity index (χ4n) is 2.12. The summed E-state index contributed by atoms with van der Waals surface area (Å²) in [5.74, 6) is -0.222. The van der Waals surface area contributed by atoms with Gasteiger partial charge in [0.1, 0.15) is 12.4 Å². The third-order valence-electron chi connectivity index (χ3n) is 3.43. The number of carbonyl (C=O) groups is 2. The van der Waals surface area contributed by atoms with E-state index in [4.69, 9.17) is 21.7 Å². The van der Waals surface area contributed by atoms with Gasteiger partial charge in [-0.2, -0.15) is 0 Å². The van der Waals surface area contributed by atoms with Crippen molar-refractivity contribution >= 4 is 51.7 Å². The number of thiocarbonyl (C=S) groups is 1. The number of amides is 2. The number of hydrogen-bond acceptors (Lipinski definition) is 5. The summed E-state index contributed by atoms with van der Waals surface area (Å²) >= 11 is 7.12.